The molecule has 2 aromatic carbocycles. The van der Waals surface area contributed by atoms with E-state index in [4.69, 9.17) is 9.79 Å². The summed E-state index contributed by atoms with van der Waals surface area (Å²) in [6.07, 6.45) is 0. The molecule has 0 radical (unpaired) electrons. The van der Waals surface area contributed by atoms with Crippen LogP contribution in [0.15, 0.2) is 48.5 Å². The monoisotopic (exact) mass is 266 g/mol. The van der Waals surface area contributed by atoms with E-state index in [1.807, 2.05) is 0 Å². The van der Waals surface area contributed by atoms with Gasteiger partial charge in [-0.15, -0.1) is 0 Å². The molecule has 0 amide bonds. The fourth-order valence-electron chi connectivity index (χ4n) is 1.86. The van der Waals surface area contributed by atoms with Crippen molar-refractivity contribution in [1.29, 1.82) is 0 Å². The molecule has 0 saturated carbocycles. The van der Waals surface area contributed by atoms with Gasteiger partial charge < -0.3 is 9.79 Å². The first-order valence-corrected chi connectivity index (χ1v) is 6.72. The van der Waals surface area contributed by atoms with Gasteiger partial charge in [0, 0.05) is 0 Å². The average molecular weight is 266 g/mol. The minimum Gasteiger partial charge on any atom is -0.352 e. The van der Waals surface area contributed by atoms with E-state index < -0.39 is 18.1 Å². The van der Waals surface area contributed by atoms with Gasteiger partial charge in [0.15, 0.2) is 18.1 Å². The summed E-state index contributed by atoms with van der Waals surface area (Å²) in [5.41, 5.74) is 5.59. The van der Waals surface area contributed by atoms with E-state index in [0.717, 1.165) is 0 Å². The minimum absolute atomic E-state index is 0.580. The van der Waals surface area contributed by atoms with Crippen LogP contribution in [0.1, 0.15) is 0 Å². The zero-order valence-corrected chi connectivity index (χ0v) is 10.9. The highest BCUT2D eigenvalue weighted by molar-refractivity contribution is 7.39. The van der Waals surface area contributed by atoms with Gasteiger partial charge in [0.25, 0.3) is 0 Å². The van der Waals surface area contributed by atoms with Crippen molar-refractivity contribution in [3.8, 4) is 22.3 Å². The van der Waals surface area contributed by atoms with E-state index in [-0.39, 0.29) is 0 Å². The maximum atomic E-state index is 7.72. The molecule has 1 aliphatic carbocycles. The molecule has 5 heteroatoms. The predicted octanol–water partition coefficient (Wildman–Crippen LogP) is 3.34. The van der Waals surface area contributed by atoms with Gasteiger partial charge in [-0.1, -0.05) is 48.5 Å². The van der Waals surface area contributed by atoms with Gasteiger partial charge in [-0.25, -0.2) is 0 Å². The second kappa shape index (κ2) is 6.20. The fourth-order valence-corrected chi connectivity index (χ4v) is 2.03. The Bertz CT molecular complexity index is 401. The maximum Gasteiger partial charge on any atom is 0.158 e. The van der Waals surface area contributed by atoms with Crippen molar-refractivity contribution in [3.63, 3.8) is 0 Å². The molecule has 0 fully saturated rings. The lowest BCUT2D eigenvalue weighted by Gasteiger charge is -2.22. The van der Waals surface area contributed by atoms with Crippen LogP contribution < -0.4 is 0 Å². The van der Waals surface area contributed by atoms with Gasteiger partial charge in [0.1, 0.15) is 0 Å². The van der Waals surface area contributed by atoms with Crippen molar-refractivity contribution in [2.45, 2.75) is 0 Å². The van der Waals surface area contributed by atoms with Crippen LogP contribution in [0.25, 0.3) is 22.3 Å². The summed E-state index contributed by atoms with van der Waals surface area (Å²) >= 11 is 0. The first-order valence-electron chi connectivity index (χ1n) is 5.01. The normalized spacial score (nSPS) is 11.9. The lowest BCUT2D eigenvalue weighted by Crippen LogP contribution is -1.96. The molecule has 0 bridgehead atoms. The van der Waals surface area contributed by atoms with Crippen LogP contribution in [0.2, 0.25) is 0 Å². The summed E-state index contributed by atoms with van der Waals surface area (Å²) in [6.45, 7) is 0. The molecule has 0 saturated heterocycles. The third-order valence-corrected chi connectivity index (χ3v) is 3.26. The Hall–Kier alpha value is -0.820. The number of hydrogen-bond donors (Lipinski definition) is 2. The summed E-state index contributed by atoms with van der Waals surface area (Å²) in [7, 11) is -1.16. The summed E-state index contributed by atoms with van der Waals surface area (Å²) in [4.78, 5) is 15.4. The highest BCUT2D eigenvalue weighted by Gasteiger charge is 2.19. The lowest BCUT2D eigenvalue weighted by molar-refractivity contribution is 0.496. The third kappa shape index (κ3) is 2.71. The number of fused-ring (bicyclic) bond motifs is 4. The molecule has 2 N–H and O–H groups in total. The van der Waals surface area contributed by atoms with Crippen LogP contribution in [0.5, 0.6) is 0 Å². The van der Waals surface area contributed by atoms with E-state index in [0.29, 0.717) is 0 Å². The van der Waals surface area contributed by atoms with E-state index >= 15 is 0 Å². The van der Waals surface area contributed by atoms with Gasteiger partial charge in [-0.2, -0.15) is 0 Å². The average Bonchev–Trinajstić information content (AvgIpc) is 2.38. The smallest absolute Gasteiger partial charge is 0.158 e. The molecule has 2 unspecified atom stereocenters. The van der Waals surface area contributed by atoms with Gasteiger partial charge in [0.05, 0.1) is 0 Å². The first-order chi connectivity index (χ1) is 8.38. The van der Waals surface area contributed by atoms with Crippen LogP contribution in [0.4, 0.5) is 0 Å². The Balaban J connectivity index is 0.000000188. The molecule has 2 atom stereocenters. The van der Waals surface area contributed by atoms with Gasteiger partial charge in [-0.05, 0) is 22.3 Å². The van der Waals surface area contributed by atoms with Crippen molar-refractivity contribution >= 4 is 18.1 Å². The van der Waals surface area contributed by atoms with E-state index in [9.17, 15) is 0 Å². The maximum absolute atomic E-state index is 7.72. The van der Waals surface area contributed by atoms with Crippen LogP contribution in [0, 0.1) is 0 Å². The van der Waals surface area contributed by atoms with Crippen LogP contribution in [0.3, 0.4) is 0 Å². The minimum atomic E-state index is -0.580. The summed E-state index contributed by atoms with van der Waals surface area (Å²) in [6, 6.07) is 17.1. The van der Waals surface area contributed by atoms with E-state index in [1.54, 1.807) is 0 Å². The molecule has 3 nitrogen and oxygen atoms in total. The van der Waals surface area contributed by atoms with Crippen molar-refractivity contribution < 1.29 is 14.1 Å². The highest BCUT2D eigenvalue weighted by Crippen LogP contribution is 2.46. The second-order valence-electron chi connectivity index (χ2n) is 3.38. The summed E-state index contributed by atoms with van der Waals surface area (Å²) in [5, 5.41) is 0. The first kappa shape index (κ1) is 12.6. The van der Waals surface area contributed by atoms with Crippen LogP contribution in [-0.4, -0.2) is 9.79 Å². The zero-order chi connectivity index (χ0) is 12.1. The Morgan fingerprint density at radius 1 is 0.647 bits per heavy atom. The van der Waals surface area contributed by atoms with Gasteiger partial charge in [-0.3, -0.25) is 4.31 Å². The summed E-state index contributed by atoms with van der Waals surface area (Å²) in [5.74, 6) is 0. The van der Waals surface area contributed by atoms with E-state index in [1.165, 1.54) is 22.3 Å². The Kier molecular flexibility index (Phi) is 4.61. The molecule has 0 aliphatic heterocycles. The largest absolute Gasteiger partial charge is 0.352 e. The molecule has 0 spiro atoms. The van der Waals surface area contributed by atoms with E-state index in [2.05, 4.69) is 52.8 Å². The number of benzene rings is 2. The zero-order valence-electron chi connectivity index (χ0n) is 8.92. The Labute approximate surface area is 103 Å². The molecule has 0 aromatic heterocycles. The molecule has 3 rings (SSSR count). The molecule has 88 valence electrons. The third-order valence-electron chi connectivity index (χ3n) is 2.53. The number of hydrogen-bond acceptors (Lipinski definition) is 3. The fraction of sp³-hybridized carbons (Fsp3) is 0. The van der Waals surface area contributed by atoms with Gasteiger partial charge >= 0.3 is 0 Å². The standard InChI is InChI=1S/C12H8.H4O3P2/c1-2-6-10-9(5-1)11-7-3-4-8-12(10)11;1-4-3-5-2/h1-8H;1-2,4-5H. The van der Waals surface area contributed by atoms with Crippen LogP contribution >= 0.6 is 18.1 Å². The SMILES string of the molecule is OPOPO.c1ccc2c(c1)-c1ccccc1-2. The molecular weight excluding hydrogens is 254 g/mol. The predicted molar refractivity (Wildman–Crippen MR) is 73.0 cm³/mol. The van der Waals surface area contributed by atoms with Crippen molar-refractivity contribution in [2.75, 3.05) is 0 Å². The topological polar surface area (TPSA) is 49.7 Å². The molecule has 2 aromatic rings. The lowest BCUT2D eigenvalue weighted by atomic mass is 9.81. The van der Waals surface area contributed by atoms with Crippen molar-refractivity contribution in [2.24, 2.45) is 0 Å². The highest BCUT2D eigenvalue weighted by atomic mass is 31.2. The van der Waals surface area contributed by atoms with Crippen molar-refractivity contribution in [1.82, 2.24) is 0 Å². The summed E-state index contributed by atoms with van der Waals surface area (Å²) < 4.78 is 4.00. The van der Waals surface area contributed by atoms with Crippen LogP contribution in [-0.2, 0) is 4.31 Å². The Morgan fingerprint density at radius 2 is 0.941 bits per heavy atom. The number of rotatable bonds is 2. The molecular formula is C12H12O3P2. The van der Waals surface area contributed by atoms with Crippen molar-refractivity contribution in [3.05, 3.63) is 48.5 Å². The quantitative estimate of drug-likeness (QED) is 0.699. The molecule has 1 aliphatic rings. The Morgan fingerprint density at radius 3 is 1.12 bits per heavy atom. The molecule has 17 heavy (non-hydrogen) atoms. The second-order valence-corrected chi connectivity index (χ2v) is 4.56. The van der Waals surface area contributed by atoms with Gasteiger partial charge in [0.2, 0.25) is 0 Å². The molecule has 0 heterocycles.